The van der Waals surface area contributed by atoms with E-state index >= 15 is 0 Å². The van der Waals surface area contributed by atoms with Gasteiger partial charge in [-0.1, -0.05) is 29.8 Å². The van der Waals surface area contributed by atoms with Crippen molar-refractivity contribution in [2.75, 3.05) is 17.2 Å². The maximum atomic E-state index is 10.9. The molecule has 0 bridgehead atoms. The van der Waals surface area contributed by atoms with Crippen LogP contribution < -0.4 is 10.6 Å². The zero-order chi connectivity index (χ0) is 15.2. The Balaban J connectivity index is 1.94. The predicted molar refractivity (Wildman–Crippen MR) is 85.6 cm³/mol. The minimum atomic E-state index is -0.686. The van der Waals surface area contributed by atoms with Crippen molar-refractivity contribution in [3.63, 3.8) is 0 Å². The second kappa shape index (κ2) is 7.11. The predicted octanol–water partition coefficient (Wildman–Crippen LogP) is 3.44. The summed E-state index contributed by atoms with van der Waals surface area (Å²) >= 11 is 6.04. The number of aliphatic hydroxyl groups is 1. The summed E-state index contributed by atoms with van der Waals surface area (Å²) in [4.78, 5) is 10.9. The van der Waals surface area contributed by atoms with Crippen molar-refractivity contribution < 1.29 is 9.90 Å². The van der Waals surface area contributed by atoms with Gasteiger partial charge in [-0.15, -0.1) is 0 Å². The number of benzene rings is 2. The fourth-order valence-electron chi connectivity index (χ4n) is 1.94. The molecule has 5 heteroatoms. The molecule has 0 aliphatic rings. The van der Waals surface area contributed by atoms with Gasteiger partial charge in [-0.05, 0) is 30.3 Å². The van der Waals surface area contributed by atoms with Crippen LogP contribution in [-0.4, -0.2) is 17.6 Å². The van der Waals surface area contributed by atoms with Gasteiger partial charge in [0.15, 0.2) is 0 Å². The molecule has 2 aromatic rings. The summed E-state index contributed by atoms with van der Waals surface area (Å²) in [5, 5.41) is 16.5. The lowest BCUT2D eigenvalue weighted by Crippen LogP contribution is -2.12. The summed E-state index contributed by atoms with van der Waals surface area (Å²) in [7, 11) is 0. The Kier molecular flexibility index (Phi) is 5.20. The van der Waals surface area contributed by atoms with Gasteiger partial charge in [-0.2, -0.15) is 0 Å². The Morgan fingerprint density at radius 1 is 1.14 bits per heavy atom. The van der Waals surface area contributed by atoms with Gasteiger partial charge in [0, 0.05) is 35.4 Å². The van der Waals surface area contributed by atoms with Gasteiger partial charge < -0.3 is 15.7 Å². The van der Waals surface area contributed by atoms with Gasteiger partial charge >= 0.3 is 0 Å². The Morgan fingerprint density at radius 2 is 1.76 bits per heavy atom. The molecule has 0 aliphatic heterocycles. The van der Waals surface area contributed by atoms with Gasteiger partial charge in [-0.3, -0.25) is 4.79 Å². The summed E-state index contributed by atoms with van der Waals surface area (Å²) < 4.78 is 0. The molecule has 0 aromatic heterocycles. The molecular formula is C16H17ClN2O2. The molecule has 0 fully saturated rings. The van der Waals surface area contributed by atoms with Gasteiger partial charge in [0.25, 0.3) is 0 Å². The molecule has 21 heavy (non-hydrogen) atoms. The molecule has 4 nitrogen and oxygen atoms in total. The van der Waals surface area contributed by atoms with E-state index in [4.69, 9.17) is 11.6 Å². The number of anilines is 2. The average Bonchev–Trinajstić information content (AvgIpc) is 2.46. The number of halogens is 1. The van der Waals surface area contributed by atoms with E-state index in [1.54, 1.807) is 24.3 Å². The minimum absolute atomic E-state index is 0.107. The van der Waals surface area contributed by atoms with Gasteiger partial charge in [0.1, 0.15) is 0 Å². The van der Waals surface area contributed by atoms with Crippen molar-refractivity contribution in [2.24, 2.45) is 0 Å². The summed E-state index contributed by atoms with van der Waals surface area (Å²) in [6.07, 6.45) is -0.686. The normalized spacial score (nSPS) is 11.8. The van der Waals surface area contributed by atoms with Crippen LogP contribution in [0, 0.1) is 0 Å². The van der Waals surface area contributed by atoms with Crippen molar-refractivity contribution in [1.29, 1.82) is 0 Å². The highest BCUT2D eigenvalue weighted by atomic mass is 35.5. The van der Waals surface area contributed by atoms with Crippen molar-refractivity contribution in [2.45, 2.75) is 13.0 Å². The number of carbonyl (C=O) groups excluding carboxylic acids is 1. The first-order valence-corrected chi connectivity index (χ1v) is 6.98. The Bertz CT molecular complexity index is 614. The van der Waals surface area contributed by atoms with Crippen molar-refractivity contribution in [1.82, 2.24) is 0 Å². The summed E-state index contributed by atoms with van der Waals surface area (Å²) in [5.41, 5.74) is 2.29. The van der Waals surface area contributed by atoms with Crippen LogP contribution in [0.3, 0.4) is 0 Å². The molecule has 1 atom stereocenters. The molecule has 0 saturated heterocycles. The number of hydrogen-bond acceptors (Lipinski definition) is 3. The standard InChI is InChI=1S/C16H17ClN2O2/c1-11(20)19-13-8-6-12(7-9-13)18-10-16(21)14-4-2-3-5-15(14)17/h2-9,16,18,21H,10H2,1H3,(H,19,20). The molecule has 1 unspecified atom stereocenters. The molecule has 0 aliphatic carbocycles. The Morgan fingerprint density at radius 3 is 2.38 bits per heavy atom. The molecule has 1 amide bonds. The molecule has 110 valence electrons. The Labute approximate surface area is 128 Å². The molecule has 0 saturated carbocycles. The molecule has 0 heterocycles. The van der Waals surface area contributed by atoms with E-state index in [-0.39, 0.29) is 5.91 Å². The van der Waals surface area contributed by atoms with Crippen LogP contribution >= 0.6 is 11.6 Å². The summed E-state index contributed by atoms with van der Waals surface area (Å²) in [5.74, 6) is -0.107. The fourth-order valence-corrected chi connectivity index (χ4v) is 2.21. The molecule has 0 radical (unpaired) electrons. The summed E-state index contributed by atoms with van der Waals surface area (Å²) in [6, 6.07) is 14.5. The zero-order valence-electron chi connectivity index (χ0n) is 11.6. The third kappa shape index (κ3) is 4.48. The molecule has 0 spiro atoms. The number of carbonyl (C=O) groups is 1. The first kappa shape index (κ1) is 15.4. The van der Waals surface area contributed by atoms with Crippen LogP contribution in [0.2, 0.25) is 5.02 Å². The molecular weight excluding hydrogens is 288 g/mol. The van der Waals surface area contributed by atoms with Crippen LogP contribution in [0.25, 0.3) is 0 Å². The monoisotopic (exact) mass is 304 g/mol. The molecule has 2 aromatic carbocycles. The van der Waals surface area contributed by atoms with Crippen molar-refractivity contribution in [3.8, 4) is 0 Å². The minimum Gasteiger partial charge on any atom is -0.387 e. The van der Waals surface area contributed by atoms with E-state index in [0.717, 1.165) is 11.4 Å². The number of aliphatic hydroxyl groups excluding tert-OH is 1. The second-order valence-electron chi connectivity index (χ2n) is 4.68. The van der Waals surface area contributed by atoms with Gasteiger partial charge in [0.2, 0.25) is 5.91 Å². The van der Waals surface area contributed by atoms with E-state index in [1.165, 1.54) is 6.92 Å². The van der Waals surface area contributed by atoms with E-state index < -0.39 is 6.10 Å². The number of amides is 1. The van der Waals surface area contributed by atoms with E-state index in [0.29, 0.717) is 17.1 Å². The van der Waals surface area contributed by atoms with Crippen LogP contribution in [0.15, 0.2) is 48.5 Å². The smallest absolute Gasteiger partial charge is 0.221 e. The fraction of sp³-hybridized carbons (Fsp3) is 0.188. The number of nitrogens with one attached hydrogen (secondary N) is 2. The van der Waals surface area contributed by atoms with Crippen LogP contribution in [0.1, 0.15) is 18.6 Å². The van der Waals surface area contributed by atoms with Crippen molar-refractivity contribution >= 4 is 28.9 Å². The third-order valence-electron chi connectivity index (χ3n) is 2.97. The highest BCUT2D eigenvalue weighted by Gasteiger charge is 2.10. The topological polar surface area (TPSA) is 61.4 Å². The highest BCUT2D eigenvalue weighted by molar-refractivity contribution is 6.31. The van der Waals surface area contributed by atoms with Gasteiger partial charge in [-0.25, -0.2) is 0 Å². The largest absolute Gasteiger partial charge is 0.387 e. The lowest BCUT2D eigenvalue weighted by atomic mass is 10.1. The molecule has 3 N–H and O–H groups in total. The number of rotatable bonds is 5. The van der Waals surface area contributed by atoms with E-state index in [9.17, 15) is 9.90 Å². The third-order valence-corrected chi connectivity index (χ3v) is 3.31. The Hall–Kier alpha value is -2.04. The van der Waals surface area contributed by atoms with Crippen LogP contribution in [-0.2, 0) is 4.79 Å². The SMILES string of the molecule is CC(=O)Nc1ccc(NCC(O)c2ccccc2Cl)cc1. The van der Waals surface area contributed by atoms with E-state index in [2.05, 4.69) is 10.6 Å². The quantitative estimate of drug-likeness (QED) is 0.793. The first-order valence-electron chi connectivity index (χ1n) is 6.60. The lowest BCUT2D eigenvalue weighted by molar-refractivity contribution is -0.114. The maximum Gasteiger partial charge on any atom is 0.221 e. The van der Waals surface area contributed by atoms with Crippen LogP contribution in [0.5, 0.6) is 0 Å². The van der Waals surface area contributed by atoms with E-state index in [1.807, 2.05) is 24.3 Å². The first-order chi connectivity index (χ1) is 10.1. The zero-order valence-corrected chi connectivity index (χ0v) is 12.4. The lowest BCUT2D eigenvalue weighted by Gasteiger charge is -2.14. The second-order valence-corrected chi connectivity index (χ2v) is 5.08. The molecule has 2 rings (SSSR count). The highest BCUT2D eigenvalue weighted by Crippen LogP contribution is 2.23. The summed E-state index contributed by atoms with van der Waals surface area (Å²) in [6.45, 7) is 1.81. The van der Waals surface area contributed by atoms with Crippen molar-refractivity contribution in [3.05, 3.63) is 59.1 Å². The van der Waals surface area contributed by atoms with Gasteiger partial charge in [0.05, 0.1) is 6.10 Å². The number of hydrogen-bond donors (Lipinski definition) is 3. The van der Waals surface area contributed by atoms with Crippen LogP contribution in [0.4, 0.5) is 11.4 Å². The maximum absolute atomic E-state index is 10.9. The average molecular weight is 305 g/mol.